The van der Waals surface area contributed by atoms with Crippen LogP contribution in [-0.2, 0) is 4.79 Å². The molecule has 1 aliphatic rings. The van der Waals surface area contributed by atoms with Gasteiger partial charge in [-0.25, -0.2) is 0 Å². The molecule has 37 heavy (non-hydrogen) atoms. The zero-order valence-corrected chi connectivity index (χ0v) is 23.3. The molecule has 3 aromatic carbocycles. The van der Waals surface area contributed by atoms with Gasteiger partial charge in [-0.05, 0) is 49.2 Å². The third-order valence-corrected chi connectivity index (χ3v) is 7.91. The minimum Gasteiger partial charge on any atom is -0.353 e. The lowest BCUT2D eigenvalue weighted by atomic mass is 9.82. The number of Topliss-reactive ketones (excluding diaryl/α,β-unsaturated/α-hetero) is 1. The average molecular weight is 593 g/mol. The van der Waals surface area contributed by atoms with E-state index >= 15 is 0 Å². The minimum atomic E-state index is -0.700. The Balaban J connectivity index is 1.70. The molecule has 8 heteroatoms. The van der Waals surface area contributed by atoms with Crippen LogP contribution in [0, 0.1) is 18.3 Å². The van der Waals surface area contributed by atoms with Gasteiger partial charge in [-0.15, -0.1) is 0 Å². The summed E-state index contributed by atoms with van der Waals surface area (Å²) < 4.78 is 0.889. The highest BCUT2D eigenvalue weighted by Gasteiger charge is 2.36. The van der Waals surface area contributed by atoms with Gasteiger partial charge in [0.05, 0.1) is 28.3 Å². The van der Waals surface area contributed by atoms with Crippen molar-refractivity contribution < 1.29 is 9.59 Å². The van der Waals surface area contributed by atoms with Crippen molar-refractivity contribution in [1.29, 1.82) is 5.26 Å². The molecule has 0 aromatic heterocycles. The molecule has 1 unspecified atom stereocenters. The third kappa shape index (κ3) is 5.99. The highest BCUT2D eigenvalue weighted by atomic mass is 79.9. The predicted molar refractivity (Wildman–Crippen MR) is 153 cm³/mol. The Morgan fingerprint density at radius 2 is 1.73 bits per heavy atom. The van der Waals surface area contributed by atoms with Crippen LogP contribution in [0.4, 0.5) is 5.69 Å². The molecule has 1 atom stereocenters. The normalized spacial score (nSPS) is 15.2. The lowest BCUT2D eigenvalue weighted by Crippen LogP contribution is -2.31. The number of dihydropyridines is 1. The second kappa shape index (κ2) is 11.8. The monoisotopic (exact) mass is 591 g/mol. The number of para-hydroxylation sites is 1. The number of nitriles is 1. The summed E-state index contributed by atoms with van der Waals surface area (Å²) in [5.74, 6) is -0.966. The Bertz CT molecular complexity index is 1470. The molecule has 0 bridgehead atoms. The van der Waals surface area contributed by atoms with Gasteiger partial charge in [0, 0.05) is 32.0 Å². The first-order valence-electron chi connectivity index (χ1n) is 11.4. The number of nitrogens with one attached hydrogen (secondary N) is 2. The maximum Gasteiger partial charge on any atom is 0.254 e. The van der Waals surface area contributed by atoms with Crippen molar-refractivity contribution in [3.63, 3.8) is 0 Å². The van der Waals surface area contributed by atoms with Gasteiger partial charge in [0.2, 0.25) is 0 Å². The summed E-state index contributed by atoms with van der Waals surface area (Å²) in [6.07, 6.45) is 0. The van der Waals surface area contributed by atoms with Crippen LogP contribution < -0.4 is 10.6 Å². The lowest BCUT2D eigenvalue weighted by Gasteiger charge is -2.30. The van der Waals surface area contributed by atoms with E-state index in [4.69, 9.17) is 11.6 Å². The Hall–Kier alpha value is -3.31. The average Bonchev–Trinajstić information content (AvgIpc) is 2.88. The van der Waals surface area contributed by atoms with E-state index in [2.05, 4.69) is 32.6 Å². The molecule has 1 heterocycles. The number of allylic oxidation sites excluding steroid dienone is 2. The molecule has 0 fully saturated rings. The largest absolute Gasteiger partial charge is 0.353 e. The van der Waals surface area contributed by atoms with E-state index in [0.717, 1.165) is 10.0 Å². The topological polar surface area (TPSA) is 82.0 Å². The van der Waals surface area contributed by atoms with Gasteiger partial charge >= 0.3 is 0 Å². The van der Waals surface area contributed by atoms with E-state index in [-0.39, 0.29) is 17.4 Å². The molecule has 5 nitrogen and oxygen atoms in total. The van der Waals surface area contributed by atoms with Crippen molar-refractivity contribution in [2.75, 3.05) is 11.1 Å². The molecule has 4 rings (SSSR count). The minimum absolute atomic E-state index is 0.0666. The van der Waals surface area contributed by atoms with Crippen molar-refractivity contribution >= 4 is 56.7 Å². The molecular weight excluding hydrogens is 570 g/mol. The molecule has 2 N–H and O–H groups in total. The van der Waals surface area contributed by atoms with E-state index < -0.39 is 5.92 Å². The fourth-order valence-electron chi connectivity index (χ4n) is 4.11. The summed E-state index contributed by atoms with van der Waals surface area (Å²) >= 11 is 11.2. The van der Waals surface area contributed by atoms with Crippen LogP contribution in [0.1, 0.15) is 34.3 Å². The molecule has 0 radical (unpaired) electrons. The molecule has 0 saturated heterocycles. The molecule has 0 saturated carbocycles. The number of thioether (sulfide) groups is 1. The first kappa shape index (κ1) is 26.7. The molecule has 0 aliphatic carbocycles. The van der Waals surface area contributed by atoms with Crippen LogP contribution in [0.25, 0.3) is 0 Å². The van der Waals surface area contributed by atoms with Gasteiger partial charge in [-0.1, -0.05) is 87.8 Å². The maximum absolute atomic E-state index is 13.6. The quantitative estimate of drug-likeness (QED) is 0.280. The number of carbonyl (C=O) groups is 2. The second-order valence-corrected chi connectivity index (χ2v) is 10.8. The summed E-state index contributed by atoms with van der Waals surface area (Å²) in [6, 6.07) is 24.1. The van der Waals surface area contributed by atoms with Crippen molar-refractivity contribution in [2.24, 2.45) is 0 Å². The highest BCUT2D eigenvalue weighted by Crippen LogP contribution is 2.43. The van der Waals surface area contributed by atoms with Gasteiger partial charge in [0.25, 0.3) is 5.91 Å². The van der Waals surface area contributed by atoms with Crippen LogP contribution in [-0.4, -0.2) is 17.4 Å². The zero-order chi connectivity index (χ0) is 26.5. The fourth-order valence-corrected chi connectivity index (χ4v) is 5.60. The van der Waals surface area contributed by atoms with Crippen LogP contribution in [0.3, 0.4) is 0 Å². The lowest BCUT2D eigenvalue weighted by molar-refractivity contribution is -0.113. The summed E-state index contributed by atoms with van der Waals surface area (Å²) in [6.45, 7) is 3.71. The summed E-state index contributed by atoms with van der Waals surface area (Å²) in [5.41, 5.74) is 4.17. The second-order valence-electron chi connectivity index (χ2n) is 8.46. The van der Waals surface area contributed by atoms with Crippen molar-refractivity contribution in [3.05, 3.63) is 121 Å². The van der Waals surface area contributed by atoms with Gasteiger partial charge in [-0.3, -0.25) is 9.59 Å². The van der Waals surface area contributed by atoms with Gasteiger partial charge in [-0.2, -0.15) is 5.26 Å². The number of nitrogens with zero attached hydrogens (tertiary/aromatic N) is 1. The summed E-state index contributed by atoms with van der Waals surface area (Å²) in [4.78, 5) is 26.4. The fraction of sp³-hybridized carbons (Fsp3) is 0.138. The van der Waals surface area contributed by atoms with Crippen LogP contribution in [0.15, 0.2) is 99.1 Å². The Morgan fingerprint density at radius 3 is 2.41 bits per heavy atom. The van der Waals surface area contributed by atoms with Crippen molar-refractivity contribution in [2.45, 2.75) is 19.8 Å². The Kier molecular flexibility index (Phi) is 8.55. The van der Waals surface area contributed by atoms with E-state index in [1.807, 2.05) is 55.5 Å². The highest BCUT2D eigenvalue weighted by molar-refractivity contribution is 9.10. The Labute approximate surface area is 233 Å². The van der Waals surface area contributed by atoms with Gasteiger partial charge < -0.3 is 10.6 Å². The number of carbonyl (C=O) groups excluding carboxylic acids is 2. The number of aryl methyl sites for hydroxylation is 1. The number of rotatable bonds is 7. The smallest absolute Gasteiger partial charge is 0.254 e. The molecule has 1 aliphatic heterocycles. The molecule has 3 aromatic rings. The van der Waals surface area contributed by atoms with Crippen LogP contribution in [0.5, 0.6) is 0 Å². The standard InChI is InChI=1S/C29H23BrClN3O2S/c1-17-7-3-6-10-24(17)34-28(36)26-18(2)33-29(37-16-25(35)19-11-13-20(30)14-12-19)22(15-32)27(26)21-8-4-5-9-23(21)31/h3-14,27,33H,16H2,1-2H3,(H,34,36). The zero-order valence-electron chi connectivity index (χ0n) is 20.1. The predicted octanol–water partition coefficient (Wildman–Crippen LogP) is 7.36. The SMILES string of the molecule is CC1=C(C(=O)Nc2ccccc2C)C(c2ccccc2Cl)C(C#N)=C(SCC(=O)c2ccc(Br)cc2)N1. The molecule has 0 spiro atoms. The number of hydrogen-bond donors (Lipinski definition) is 2. The van der Waals surface area contributed by atoms with Crippen molar-refractivity contribution in [1.82, 2.24) is 5.32 Å². The third-order valence-electron chi connectivity index (χ3n) is 6.02. The number of anilines is 1. The molecular formula is C29H23BrClN3O2S. The first-order valence-corrected chi connectivity index (χ1v) is 13.6. The number of ketones is 1. The maximum atomic E-state index is 13.6. The molecule has 186 valence electrons. The summed E-state index contributed by atoms with van der Waals surface area (Å²) in [7, 11) is 0. The van der Waals surface area contributed by atoms with E-state index in [1.165, 1.54) is 11.8 Å². The molecule has 1 amide bonds. The van der Waals surface area contributed by atoms with Crippen LogP contribution in [0.2, 0.25) is 5.02 Å². The van der Waals surface area contributed by atoms with Gasteiger partial charge in [0.15, 0.2) is 5.78 Å². The van der Waals surface area contributed by atoms with E-state index in [0.29, 0.717) is 43.7 Å². The first-order chi connectivity index (χ1) is 17.8. The number of halogens is 2. The number of benzene rings is 3. The Morgan fingerprint density at radius 1 is 1.05 bits per heavy atom. The van der Waals surface area contributed by atoms with Crippen molar-refractivity contribution in [3.8, 4) is 6.07 Å². The van der Waals surface area contributed by atoms with Gasteiger partial charge in [0.1, 0.15) is 0 Å². The number of amides is 1. The summed E-state index contributed by atoms with van der Waals surface area (Å²) in [5, 5.41) is 17.5. The van der Waals surface area contributed by atoms with E-state index in [9.17, 15) is 14.9 Å². The van der Waals surface area contributed by atoms with Crippen LogP contribution >= 0.6 is 39.3 Å². The number of hydrogen-bond acceptors (Lipinski definition) is 5. The van der Waals surface area contributed by atoms with E-state index in [1.54, 1.807) is 31.2 Å².